The van der Waals surface area contributed by atoms with Gasteiger partial charge in [0.05, 0.1) is 6.04 Å². The molecule has 0 radical (unpaired) electrons. The second-order valence-corrected chi connectivity index (χ2v) is 7.58. The van der Waals surface area contributed by atoms with Crippen molar-refractivity contribution in [3.8, 4) is 0 Å². The number of halogens is 1. The number of carbonyl (C=O) groups excluding carboxylic acids is 1. The van der Waals surface area contributed by atoms with Crippen LogP contribution in [0.25, 0.3) is 0 Å². The summed E-state index contributed by atoms with van der Waals surface area (Å²) in [6.07, 6.45) is 2.28. The van der Waals surface area contributed by atoms with Gasteiger partial charge in [0.25, 0.3) is 0 Å². The van der Waals surface area contributed by atoms with Crippen LogP contribution >= 0.6 is 0 Å². The Bertz CT molecular complexity index is 806. The highest BCUT2D eigenvalue weighted by Crippen LogP contribution is 2.25. The maximum atomic E-state index is 13.2. The van der Waals surface area contributed by atoms with Gasteiger partial charge in [-0.1, -0.05) is 26.0 Å². The fourth-order valence-electron chi connectivity index (χ4n) is 3.57. The standard InChI is InChI=1S/C21H27FN4O/c1-14(2)19-13-25(21-15(3)11-23-16(4)24-21)10-9-20(27)26(19)12-17-5-7-18(22)8-6-17/h5-8,11,14,19H,9-10,12-13H2,1-4H3/t19-/m1/s1. The van der Waals surface area contributed by atoms with Crippen LogP contribution in [0, 0.1) is 25.6 Å². The number of hydrogen-bond acceptors (Lipinski definition) is 4. The number of aryl methyl sites for hydroxylation is 2. The monoisotopic (exact) mass is 370 g/mol. The number of hydrogen-bond donors (Lipinski definition) is 0. The Kier molecular flexibility index (Phi) is 5.73. The van der Waals surface area contributed by atoms with Gasteiger partial charge in [-0.25, -0.2) is 14.4 Å². The van der Waals surface area contributed by atoms with Gasteiger partial charge < -0.3 is 9.80 Å². The number of rotatable bonds is 4. The van der Waals surface area contributed by atoms with Crippen molar-refractivity contribution >= 4 is 11.7 Å². The summed E-state index contributed by atoms with van der Waals surface area (Å²) in [7, 11) is 0. The van der Waals surface area contributed by atoms with Gasteiger partial charge in [-0.3, -0.25) is 4.79 Å². The molecule has 3 rings (SSSR count). The van der Waals surface area contributed by atoms with Crippen LogP contribution in [-0.4, -0.2) is 39.9 Å². The molecule has 1 aliphatic heterocycles. The Morgan fingerprint density at radius 2 is 1.93 bits per heavy atom. The Balaban J connectivity index is 1.88. The van der Waals surface area contributed by atoms with E-state index in [0.29, 0.717) is 25.4 Å². The van der Waals surface area contributed by atoms with Crippen molar-refractivity contribution < 1.29 is 9.18 Å². The Labute approximate surface area is 160 Å². The van der Waals surface area contributed by atoms with E-state index in [0.717, 1.165) is 29.3 Å². The van der Waals surface area contributed by atoms with Crippen molar-refractivity contribution in [1.29, 1.82) is 0 Å². The van der Waals surface area contributed by atoms with Crippen molar-refractivity contribution in [3.05, 3.63) is 53.2 Å². The highest BCUT2D eigenvalue weighted by Gasteiger charge is 2.32. The molecule has 0 bridgehead atoms. The maximum Gasteiger partial charge on any atom is 0.224 e. The molecule has 6 heteroatoms. The van der Waals surface area contributed by atoms with Crippen molar-refractivity contribution in [2.24, 2.45) is 5.92 Å². The average Bonchev–Trinajstić information content (AvgIpc) is 2.79. The zero-order valence-electron chi connectivity index (χ0n) is 16.4. The quantitative estimate of drug-likeness (QED) is 0.827. The number of amides is 1. The molecule has 1 aliphatic rings. The molecular weight excluding hydrogens is 343 g/mol. The van der Waals surface area contributed by atoms with Crippen LogP contribution < -0.4 is 4.90 Å². The highest BCUT2D eigenvalue weighted by atomic mass is 19.1. The lowest BCUT2D eigenvalue weighted by Crippen LogP contribution is -2.46. The highest BCUT2D eigenvalue weighted by molar-refractivity contribution is 5.78. The molecule has 27 heavy (non-hydrogen) atoms. The SMILES string of the molecule is Cc1ncc(C)c(N2CCC(=O)N(Cc3ccc(F)cc3)[C@@H](C(C)C)C2)n1. The Morgan fingerprint density at radius 3 is 2.59 bits per heavy atom. The van der Waals surface area contributed by atoms with E-state index >= 15 is 0 Å². The van der Waals surface area contributed by atoms with Crippen LogP contribution in [0.3, 0.4) is 0 Å². The number of anilines is 1. The van der Waals surface area contributed by atoms with E-state index < -0.39 is 0 Å². The third-order valence-corrected chi connectivity index (χ3v) is 5.12. The first kappa shape index (κ1) is 19.3. The summed E-state index contributed by atoms with van der Waals surface area (Å²) in [4.78, 5) is 26.0. The number of carbonyl (C=O) groups is 1. The topological polar surface area (TPSA) is 49.3 Å². The molecule has 1 aromatic heterocycles. The van der Waals surface area contributed by atoms with E-state index in [1.165, 1.54) is 12.1 Å². The summed E-state index contributed by atoms with van der Waals surface area (Å²) < 4.78 is 13.2. The second-order valence-electron chi connectivity index (χ2n) is 7.58. The van der Waals surface area contributed by atoms with E-state index in [1.807, 2.05) is 24.9 Å². The van der Waals surface area contributed by atoms with Crippen molar-refractivity contribution in [2.45, 2.75) is 46.7 Å². The van der Waals surface area contributed by atoms with Crippen molar-refractivity contribution in [1.82, 2.24) is 14.9 Å². The molecule has 1 amide bonds. The van der Waals surface area contributed by atoms with E-state index in [9.17, 15) is 9.18 Å². The van der Waals surface area contributed by atoms with E-state index in [4.69, 9.17) is 0 Å². The number of aromatic nitrogens is 2. The van der Waals surface area contributed by atoms with E-state index in [2.05, 4.69) is 28.7 Å². The van der Waals surface area contributed by atoms with E-state index in [1.54, 1.807) is 12.1 Å². The minimum atomic E-state index is -0.262. The van der Waals surface area contributed by atoms with Gasteiger partial charge in [0.1, 0.15) is 17.5 Å². The van der Waals surface area contributed by atoms with Crippen LogP contribution in [0.2, 0.25) is 0 Å². The predicted octanol–water partition coefficient (Wildman–Crippen LogP) is 3.50. The first-order valence-corrected chi connectivity index (χ1v) is 9.44. The van der Waals surface area contributed by atoms with Crippen LogP contribution in [0.1, 0.15) is 37.2 Å². The molecule has 1 atom stereocenters. The summed E-state index contributed by atoms with van der Waals surface area (Å²) in [5.74, 6) is 1.80. The third kappa shape index (κ3) is 4.43. The lowest BCUT2D eigenvalue weighted by molar-refractivity contribution is -0.134. The molecule has 0 spiro atoms. The summed E-state index contributed by atoms with van der Waals surface area (Å²) in [5, 5.41) is 0. The molecule has 2 heterocycles. The fraction of sp³-hybridized carbons (Fsp3) is 0.476. The molecule has 0 N–H and O–H groups in total. The summed E-state index contributed by atoms with van der Waals surface area (Å²) in [6, 6.07) is 6.45. The smallest absolute Gasteiger partial charge is 0.224 e. The normalized spacial score (nSPS) is 18.1. The lowest BCUT2D eigenvalue weighted by atomic mass is 10.0. The molecule has 5 nitrogen and oxygen atoms in total. The van der Waals surface area contributed by atoms with Crippen LogP contribution in [0.4, 0.5) is 10.2 Å². The lowest BCUT2D eigenvalue weighted by Gasteiger charge is -2.35. The largest absolute Gasteiger partial charge is 0.354 e. The first-order valence-electron chi connectivity index (χ1n) is 9.44. The minimum absolute atomic E-state index is 0.0553. The predicted molar refractivity (Wildman–Crippen MR) is 104 cm³/mol. The summed E-state index contributed by atoms with van der Waals surface area (Å²) in [5.41, 5.74) is 1.96. The van der Waals surface area contributed by atoms with Gasteiger partial charge in [0, 0.05) is 37.8 Å². The first-order chi connectivity index (χ1) is 12.8. The summed E-state index contributed by atoms with van der Waals surface area (Å²) in [6.45, 7) is 10.0. The van der Waals surface area contributed by atoms with E-state index in [-0.39, 0.29) is 17.8 Å². The number of benzene rings is 1. The molecule has 144 valence electrons. The van der Waals surface area contributed by atoms with Gasteiger partial charge in [0.2, 0.25) is 5.91 Å². The van der Waals surface area contributed by atoms with Gasteiger partial charge >= 0.3 is 0 Å². The Morgan fingerprint density at radius 1 is 1.22 bits per heavy atom. The zero-order valence-corrected chi connectivity index (χ0v) is 16.4. The van der Waals surface area contributed by atoms with Crippen LogP contribution in [0.15, 0.2) is 30.5 Å². The zero-order chi connectivity index (χ0) is 19.6. The second kappa shape index (κ2) is 8.03. The van der Waals surface area contributed by atoms with Gasteiger partial charge in [-0.2, -0.15) is 0 Å². The fourth-order valence-corrected chi connectivity index (χ4v) is 3.57. The molecule has 2 aromatic rings. The molecule has 0 unspecified atom stereocenters. The van der Waals surface area contributed by atoms with Gasteiger partial charge in [-0.05, 0) is 37.5 Å². The van der Waals surface area contributed by atoms with Gasteiger partial charge in [0.15, 0.2) is 0 Å². The molecule has 0 saturated carbocycles. The summed E-state index contributed by atoms with van der Waals surface area (Å²) >= 11 is 0. The van der Waals surface area contributed by atoms with Crippen molar-refractivity contribution in [2.75, 3.05) is 18.0 Å². The van der Waals surface area contributed by atoms with Gasteiger partial charge in [-0.15, -0.1) is 0 Å². The minimum Gasteiger partial charge on any atom is -0.354 e. The maximum absolute atomic E-state index is 13.2. The number of nitrogens with zero attached hydrogens (tertiary/aromatic N) is 4. The van der Waals surface area contributed by atoms with Crippen LogP contribution in [0.5, 0.6) is 0 Å². The molecule has 1 aromatic carbocycles. The molecule has 0 aliphatic carbocycles. The van der Waals surface area contributed by atoms with Crippen molar-refractivity contribution in [3.63, 3.8) is 0 Å². The molecular formula is C21H27FN4O. The molecule has 1 fully saturated rings. The van der Waals surface area contributed by atoms with Crippen LogP contribution in [-0.2, 0) is 11.3 Å². The average molecular weight is 370 g/mol. The Hall–Kier alpha value is -2.50. The molecule has 1 saturated heterocycles. The third-order valence-electron chi connectivity index (χ3n) is 5.12.